The molecule has 0 spiro atoms. The molecule has 0 unspecified atom stereocenters. The Kier molecular flexibility index (Phi) is 6.11. The number of hydrogen-bond acceptors (Lipinski definition) is 3. The number of hydrogen-bond donors (Lipinski definition) is 1. The molecule has 5 rings (SSSR count). The van der Waals surface area contributed by atoms with Gasteiger partial charge in [0.2, 0.25) is 0 Å². The van der Waals surface area contributed by atoms with Crippen molar-refractivity contribution in [2.24, 2.45) is 0 Å². The van der Waals surface area contributed by atoms with Gasteiger partial charge in [0.05, 0.1) is 17.8 Å². The molecule has 2 atom stereocenters. The normalized spacial score (nSPS) is 18.3. The van der Waals surface area contributed by atoms with Crippen molar-refractivity contribution in [3.63, 3.8) is 0 Å². The van der Waals surface area contributed by atoms with Crippen LogP contribution in [0.15, 0.2) is 85.2 Å². The maximum absolute atomic E-state index is 5.83. The number of aromatic nitrogens is 2. The van der Waals surface area contributed by atoms with Crippen molar-refractivity contribution in [3.05, 3.63) is 96.6 Å². The molecular weight excluding hydrogens is 426 g/mol. The Labute approximate surface area is 200 Å². The van der Waals surface area contributed by atoms with Crippen LogP contribution >= 0.6 is 12.2 Å². The van der Waals surface area contributed by atoms with E-state index in [2.05, 4.69) is 106 Å². The smallest absolute Gasteiger partial charge is 0.170 e. The minimum absolute atomic E-state index is 0.00726. The summed E-state index contributed by atoms with van der Waals surface area (Å²) in [6.45, 7) is 1.91. The predicted molar refractivity (Wildman–Crippen MR) is 139 cm³/mol. The minimum atomic E-state index is -0.00726. The van der Waals surface area contributed by atoms with Crippen LogP contribution in [0.5, 0.6) is 0 Å². The first kappa shape index (κ1) is 21.6. The molecule has 1 saturated heterocycles. The zero-order valence-corrected chi connectivity index (χ0v) is 19.9. The van der Waals surface area contributed by atoms with E-state index in [-0.39, 0.29) is 12.1 Å². The Hall–Kier alpha value is -3.22. The SMILES string of the molecule is CN(C)CCCN1C(=S)N[C@@H](c2ccccn2)[C@H]1c1cccn1-c1ccc2ccccc2c1. The van der Waals surface area contributed by atoms with Gasteiger partial charge < -0.3 is 19.7 Å². The summed E-state index contributed by atoms with van der Waals surface area (Å²) in [6.07, 6.45) is 5.04. The summed E-state index contributed by atoms with van der Waals surface area (Å²) in [7, 11) is 4.22. The highest BCUT2D eigenvalue weighted by Gasteiger charge is 2.40. The van der Waals surface area contributed by atoms with Gasteiger partial charge in [-0.25, -0.2) is 0 Å². The second-order valence-corrected chi connectivity index (χ2v) is 9.20. The van der Waals surface area contributed by atoms with Crippen molar-refractivity contribution < 1.29 is 0 Å². The van der Waals surface area contributed by atoms with E-state index in [9.17, 15) is 0 Å². The van der Waals surface area contributed by atoms with Gasteiger partial charge in [0.15, 0.2) is 5.11 Å². The third-order valence-corrected chi connectivity index (χ3v) is 6.65. The highest BCUT2D eigenvalue weighted by Crippen LogP contribution is 2.39. The highest BCUT2D eigenvalue weighted by molar-refractivity contribution is 7.80. The maximum Gasteiger partial charge on any atom is 0.170 e. The molecule has 2 aromatic heterocycles. The number of fused-ring (bicyclic) bond motifs is 1. The van der Waals surface area contributed by atoms with Gasteiger partial charge in [-0.05, 0) is 86.4 Å². The van der Waals surface area contributed by atoms with E-state index in [1.54, 1.807) is 0 Å². The molecule has 4 aromatic rings. The van der Waals surface area contributed by atoms with Crippen molar-refractivity contribution >= 4 is 28.1 Å². The second kappa shape index (κ2) is 9.33. The lowest BCUT2D eigenvalue weighted by molar-refractivity contribution is 0.286. The lowest BCUT2D eigenvalue weighted by Crippen LogP contribution is -2.32. The van der Waals surface area contributed by atoms with Gasteiger partial charge in [-0.15, -0.1) is 0 Å². The van der Waals surface area contributed by atoms with Crippen molar-refractivity contribution in [1.29, 1.82) is 0 Å². The zero-order valence-electron chi connectivity index (χ0n) is 19.1. The average Bonchev–Trinajstić information content (AvgIpc) is 3.44. The Morgan fingerprint density at radius 3 is 2.58 bits per heavy atom. The van der Waals surface area contributed by atoms with Crippen molar-refractivity contribution in [3.8, 4) is 5.69 Å². The first-order valence-corrected chi connectivity index (χ1v) is 11.8. The monoisotopic (exact) mass is 455 g/mol. The average molecular weight is 456 g/mol. The van der Waals surface area contributed by atoms with Gasteiger partial charge in [0.1, 0.15) is 0 Å². The third kappa shape index (κ3) is 4.36. The topological polar surface area (TPSA) is 36.3 Å². The molecule has 168 valence electrons. The number of pyridine rings is 1. The second-order valence-electron chi connectivity index (χ2n) is 8.81. The van der Waals surface area contributed by atoms with E-state index in [0.717, 1.165) is 36.0 Å². The molecule has 3 heterocycles. The Bertz CT molecular complexity index is 1250. The van der Waals surface area contributed by atoms with E-state index in [1.807, 2.05) is 18.3 Å². The summed E-state index contributed by atoms with van der Waals surface area (Å²) >= 11 is 5.83. The molecule has 33 heavy (non-hydrogen) atoms. The van der Waals surface area contributed by atoms with E-state index < -0.39 is 0 Å². The van der Waals surface area contributed by atoms with E-state index in [1.165, 1.54) is 16.5 Å². The quantitative estimate of drug-likeness (QED) is 0.399. The summed E-state index contributed by atoms with van der Waals surface area (Å²) in [5.41, 5.74) is 3.36. The molecular formula is C27H29N5S. The fraction of sp³-hybridized carbons (Fsp3) is 0.259. The lowest BCUT2D eigenvalue weighted by atomic mass is 10.0. The molecule has 1 aliphatic heterocycles. The fourth-order valence-corrected chi connectivity index (χ4v) is 5.05. The standard InChI is InChI=1S/C27H29N5S/c1-30(2)16-8-18-32-26(25(29-27(32)33)23-11-5-6-15-28-23)24-12-7-17-31(24)22-14-13-20-9-3-4-10-21(20)19-22/h3-7,9-15,17,19,25-26H,8,16,18H2,1-2H3,(H,29,33)/t25-,26+/m0/s1. The summed E-state index contributed by atoms with van der Waals surface area (Å²) in [6, 6.07) is 25.6. The Morgan fingerprint density at radius 2 is 1.79 bits per heavy atom. The Morgan fingerprint density at radius 1 is 0.970 bits per heavy atom. The van der Waals surface area contributed by atoms with Gasteiger partial charge in [0.25, 0.3) is 0 Å². The van der Waals surface area contributed by atoms with Gasteiger partial charge >= 0.3 is 0 Å². The molecule has 0 amide bonds. The molecule has 0 radical (unpaired) electrons. The Balaban J connectivity index is 1.56. The van der Waals surface area contributed by atoms with Crippen molar-refractivity contribution in [2.75, 3.05) is 27.2 Å². The number of thiocarbonyl (C=S) groups is 1. The molecule has 6 heteroatoms. The van der Waals surface area contributed by atoms with Crippen LogP contribution in [0.2, 0.25) is 0 Å². The molecule has 0 aliphatic carbocycles. The highest BCUT2D eigenvalue weighted by atomic mass is 32.1. The van der Waals surface area contributed by atoms with E-state index in [4.69, 9.17) is 12.2 Å². The van der Waals surface area contributed by atoms with E-state index >= 15 is 0 Å². The van der Waals surface area contributed by atoms with Crippen LogP contribution < -0.4 is 5.32 Å². The first-order chi connectivity index (χ1) is 16.1. The van der Waals surface area contributed by atoms with Gasteiger partial charge in [0, 0.05) is 30.3 Å². The number of rotatable bonds is 7. The molecule has 1 N–H and O–H groups in total. The molecule has 5 nitrogen and oxygen atoms in total. The first-order valence-electron chi connectivity index (χ1n) is 11.4. The molecule has 0 bridgehead atoms. The van der Waals surface area contributed by atoms with Gasteiger partial charge in [-0.3, -0.25) is 4.98 Å². The van der Waals surface area contributed by atoms with Crippen LogP contribution in [0.1, 0.15) is 29.9 Å². The fourth-order valence-electron chi connectivity index (χ4n) is 4.72. The summed E-state index contributed by atoms with van der Waals surface area (Å²) < 4.78 is 2.29. The molecule has 2 aromatic carbocycles. The van der Waals surface area contributed by atoms with Crippen LogP contribution in [0.4, 0.5) is 0 Å². The van der Waals surface area contributed by atoms with Gasteiger partial charge in [-0.2, -0.15) is 0 Å². The predicted octanol–water partition coefficient (Wildman–Crippen LogP) is 4.95. The lowest BCUT2D eigenvalue weighted by Gasteiger charge is -2.29. The largest absolute Gasteiger partial charge is 0.352 e. The number of nitrogens with zero attached hydrogens (tertiary/aromatic N) is 4. The van der Waals surface area contributed by atoms with Crippen molar-refractivity contribution in [1.82, 2.24) is 24.7 Å². The van der Waals surface area contributed by atoms with Gasteiger partial charge in [-0.1, -0.05) is 36.4 Å². The third-order valence-electron chi connectivity index (χ3n) is 6.30. The van der Waals surface area contributed by atoms with Crippen LogP contribution in [0.25, 0.3) is 16.5 Å². The van der Waals surface area contributed by atoms with Crippen LogP contribution in [-0.4, -0.2) is 51.6 Å². The summed E-state index contributed by atoms with van der Waals surface area (Å²) in [4.78, 5) is 9.23. The molecule has 1 fully saturated rings. The summed E-state index contributed by atoms with van der Waals surface area (Å²) in [5.74, 6) is 0. The maximum atomic E-state index is 5.83. The van der Waals surface area contributed by atoms with E-state index in [0.29, 0.717) is 0 Å². The number of nitrogens with one attached hydrogen (secondary N) is 1. The van der Waals surface area contributed by atoms with Crippen LogP contribution in [0, 0.1) is 0 Å². The molecule has 0 saturated carbocycles. The number of benzene rings is 2. The minimum Gasteiger partial charge on any atom is -0.352 e. The summed E-state index contributed by atoms with van der Waals surface area (Å²) in [5, 5.41) is 6.85. The van der Waals surface area contributed by atoms with Crippen molar-refractivity contribution in [2.45, 2.75) is 18.5 Å². The molecule has 1 aliphatic rings. The zero-order chi connectivity index (χ0) is 22.8. The van der Waals surface area contributed by atoms with Crippen LogP contribution in [-0.2, 0) is 0 Å². The van der Waals surface area contributed by atoms with Crippen LogP contribution in [0.3, 0.4) is 0 Å².